The van der Waals surface area contributed by atoms with Crippen LogP contribution in [0.25, 0.3) is 16.9 Å². The monoisotopic (exact) mass is 380 g/mol. The molecule has 1 aliphatic heterocycles. The van der Waals surface area contributed by atoms with Crippen LogP contribution in [-0.4, -0.2) is 44.8 Å². The first-order chi connectivity index (χ1) is 13.6. The lowest BCUT2D eigenvalue weighted by molar-refractivity contribution is -0.385. The fourth-order valence-corrected chi connectivity index (χ4v) is 3.33. The molecule has 1 aromatic carbocycles. The number of rotatable bonds is 5. The Morgan fingerprint density at radius 2 is 1.82 bits per heavy atom. The van der Waals surface area contributed by atoms with E-state index in [9.17, 15) is 14.9 Å². The second kappa shape index (κ2) is 7.67. The zero-order valence-electron chi connectivity index (χ0n) is 15.3. The molecule has 1 fully saturated rings. The van der Waals surface area contributed by atoms with E-state index in [-0.39, 0.29) is 18.2 Å². The van der Waals surface area contributed by atoms with Crippen LogP contribution < -0.4 is 4.74 Å². The average molecular weight is 380 g/mol. The molecule has 0 unspecified atom stereocenters. The highest BCUT2D eigenvalue weighted by Gasteiger charge is 2.17. The quantitative estimate of drug-likeness (QED) is 0.500. The van der Waals surface area contributed by atoms with E-state index >= 15 is 0 Å². The molecule has 0 radical (unpaired) electrons. The van der Waals surface area contributed by atoms with E-state index in [1.165, 1.54) is 18.7 Å². The molecule has 8 heteroatoms. The van der Waals surface area contributed by atoms with Gasteiger partial charge in [0.25, 0.3) is 11.6 Å². The van der Waals surface area contributed by atoms with Crippen LogP contribution in [0.3, 0.4) is 0 Å². The van der Waals surface area contributed by atoms with E-state index < -0.39 is 4.92 Å². The molecule has 0 bridgehead atoms. The molecule has 144 valence electrons. The molecular weight excluding hydrogens is 360 g/mol. The van der Waals surface area contributed by atoms with Crippen molar-refractivity contribution in [2.24, 2.45) is 0 Å². The lowest BCUT2D eigenvalue weighted by Gasteiger charge is -2.26. The Labute approximate surface area is 161 Å². The van der Waals surface area contributed by atoms with Crippen LogP contribution in [0.4, 0.5) is 5.69 Å². The number of amides is 1. The number of ether oxygens (including phenoxy) is 1. The van der Waals surface area contributed by atoms with Gasteiger partial charge in [-0.3, -0.25) is 19.3 Å². The van der Waals surface area contributed by atoms with Gasteiger partial charge in [-0.25, -0.2) is 4.98 Å². The first-order valence-electron chi connectivity index (χ1n) is 9.24. The Morgan fingerprint density at radius 1 is 1.07 bits per heavy atom. The van der Waals surface area contributed by atoms with Crippen LogP contribution in [0.2, 0.25) is 0 Å². The van der Waals surface area contributed by atoms with Gasteiger partial charge in [-0.1, -0.05) is 0 Å². The van der Waals surface area contributed by atoms with E-state index in [1.807, 2.05) is 17.0 Å². The highest BCUT2D eigenvalue weighted by Crippen LogP contribution is 2.23. The Kier molecular flexibility index (Phi) is 4.92. The molecule has 8 nitrogen and oxygen atoms in total. The van der Waals surface area contributed by atoms with Crippen molar-refractivity contribution in [2.45, 2.75) is 19.3 Å². The van der Waals surface area contributed by atoms with E-state index in [0.29, 0.717) is 17.1 Å². The molecule has 1 amide bonds. The van der Waals surface area contributed by atoms with E-state index in [2.05, 4.69) is 4.98 Å². The van der Waals surface area contributed by atoms with Gasteiger partial charge in [0.05, 0.1) is 16.8 Å². The molecule has 0 atom stereocenters. The third-order valence-corrected chi connectivity index (χ3v) is 4.87. The number of benzene rings is 1. The minimum atomic E-state index is -0.434. The minimum absolute atomic E-state index is 0.0126. The standard InChI is InChI=1S/C20H20N4O4/c25-20(22-10-2-1-3-11-22)14-28-17-7-4-15(5-8-17)18-13-23-12-16(24(26)27)6-9-19(23)21-18/h4-9,12-13H,1-3,10-11,14H2. The van der Waals surface area contributed by atoms with Crippen LogP contribution >= 0.6 is 0 Å². The molecule has 0 N–H and O–H groups in total. The number of hydrogen-bond acceptors (Lipinski definition) is 5. The number of carbonyl (C=O) groups is 1. The number of imidazole rings is 1. The van der Waals surface area contributed by atoms with Gasteiger partial charge in [0.1, 0.15) is 11.4 Å². The van der Waals surface area contributed by atoms with Gasteiger partial charge in [0.15, 0.2) is 6.61 Å². The first-order valence-corrected chi connectivity index (χ1v) is 9.24. The predicted octanol–water partition coefficient (Wildman–Crippen LogP) is 3.30. The van der Waals surface area contributed by atoms with E-state index in [4.69, 9.17) is 4.74 Å². The van der Waals surface area contributed by atoms with E-state index in [1.54, 1.807) is 28.8 Å². The summed E-state index contributed by atoms with van der Waals surface area (Å²) in [5, 5.41) is 10.9. The maximum Gasteiger partial charge on any atom is 0.286 e. The maximum absolute atomic E-state index is 12.2. The Hall–Kier alpha value is -3.42. The topological polar surface area (TPSA) is 90.0 Å². The SMILES string of the molecule is O=C(COc1ccc(-c2cn3cc([N+](=O)[O-])ccc3n2)cc1)N1CCCCC1. The summed E-state index contributed by atoms with van der Waals surface area (Å²) < 4.78 is 7.26. The highest BCUT2D eigenvalue weighted by atomic mass is 16.6. The fourth-order valence-electron chi connectivity index (χ4n) is 3.33. The molecule has 3 heterocycles. The summed E-state index contributed by atoms with van der Waals surface area (Å²) in [6, 6.07) is 10.4. The summed E-state index contributed by atoms with van der Waals surface area (Å²) in [5.74, 6) is 0.638. The van der Waals surface area contributed by atoms with E-state index in [0.717, 1.165) is 31.5 Å². The predicted molar refractivity (Wildman–Crippen MR) is 103 cm³/mol. The molecule has 0 aliphatic carbocycles. The van der Waals surface area contributed by atoms with Crippen LogP contribution in [0.5, 0.6) is 5.75 Å². The largest absolute Gasteiger partial charge is 0.484 e. The second-order valence-electron chi connectivity index (χ2n) is 6.79. The molecule has 3 aromatic rings. The Morgan fingerprint density at radius 3 is 2.54 bits per heavy atom. The fraction of sp³-hybridized carbons (Fsp3) is 0.300. The van der Waals surface area contributed by atoms with Crippen molar-refractivity contribution in [2.75, 3.05) is 19.7 Å². The summed E-state index contributed by atoms with van der Waals surface area (Å²) in [6.45, 7) is 1.66. The van der Waals surface area contributed by atoms with Gasteiger partial charge in [0, 0.05) is 30.9 Å². The van der Waals surface area contributed by atoms with Gasteiger partial charge in [0.2, 0.25) is 0 Å². The second-order valence-corrected chi connectivity index (χ2v) is 6.79. The highest BCUT2D eigenvalue weighted by molar-refractivity contribution is 5.77. The molecule has 28 heavy (non-hydrogen) atoms. The smallest absolute Gasteiger partial charge is 0.286 e. The number of piperidine rings is 1. The molecule has 2 aromatic heterocycles. The number of nitro groups is 1. The zero-order chi connectivity index (χ0) is 19.5. The number of nitrogens with zero attached hydrogens (tertiary/aromatic N) is 4. The lowest BCUT2D eigenvalue weighted by atomic mass is 10.1. The third kappa shape index (κ3) is 3.80. The molecule has 1 saturated heterocycles. The summed E-state index contributed by atoms with van der Waals surface area (Å²) >= 11 is 0. The number of aromatic nitrogens is 2. The summed E-state index contributed by atoms with van der Waals surface area (Å²) in [5.41, 5.74) is 2.21. The third-order valence-electron chi connectivity index (χ3n) is 4.87. The Bertz CT molecular complexity index is 1010. The van der Waals surface area contributed by atoms with Gasteiger partial charge in [-0.2, -0.15) is 0 Å². The van der Waals surface area contributed by atoms with Crippen molar-refractivity contribution in [3.05, 3.63) is 58.9 Å². The number of likely N-dealkylation sites (tertiary alicyclic amines) is 1. The number of hydrogen-bond donors (Lipinski definition) is 0. The molecule has 1 aliphatic rings. The number of carbonyl (C=O) groups excluding carboxylic acids is 1. The summed E-state index contributed by atoms with van der Waals surface area (Å²) in [6.07, 6.45) is 6.49. The minimum Gasteiger partial charge on any atom is -0.484 e. The summed E-state index contributed by atoms with van der Waals surface area (Å²) in [4.78, 5) is 29.0. The maximum atomic E-state index is 12.2. The van der Waals surface area contributed by atoms with Crippen molar-refractivity contribution >= 4 is 17.2 Å². The van der Waals surface area contributed by atoms with Gasteiger partial charge in [-0.05, 0) is 49.6 Å². The zero-order valence-corrected chi connectivity index (χ0v) is 15.3. The Balaban J connectivity index is 1.43. The normalized spacial score (nSPS) is 14.2. The van der Waals surface area contributed by atoms with Gasteiger partial charge >= 0.3 is 0 Å². The van der Waals surface area contributed by atoms with Crippen LogP contribution in [0.15, 0.2) is 48.8 Å². The molecule has 0 saturated carbocycles. The van der Waals surface area contributed by atoms with Gasteiger partial charge in [-0.15, -0.1) is 0 Å². The molecule has 4 rings (SSSR count). The number of pyridine rings is 1. The first kappa shape index (κ1) is 18.0. The summed E-state index contributed by atoms with van der Waals surface area (Å²) in [7, 11) is 0. The number of fused-ring (bicyclic) bond motifs is 1. The van der Waals surface area contributed by atoms with Crippen LogP contribution in [-0.2, 0) is 4.79 Å². The van der Waals surface area contributed by atoms with Crippen molar-refractivity contribution in [1.29, 1.82) is 0 Å². The van der Waals surface area contributed by atoms with Crippen molar-refractivity contribution in [1.82, 2.24) is 14.3 Å². The lowest BCUT2D eigenvalue weighted by Crippen LogP contribution is -2.38. The van der Waals surface area contributed by atoms with Crippen molar-refractivity contribution < 1.29 is 14.5 Å². The van der Waals surface area contributed by atoms with Gasteiger partial charge < -0.3 is 9.64 Å². The van der Waals surface area contributed by atoms with Crippen LogP contribution in [0, 0.1) is 10.1 Å². The van der Waals surface area contributed by atoms with Crippen molar-refractivity contribution in [3.63, 3.8) is 0 Å². The van der Waals surface area contributed by atoms with Crippen molar-refractivity contribution in [3.8, 4) is 17.0 Å². The average Bonchev–Trinajstić information content (AvgIpc) is 3.16. The van der Waals surface area contributed by atoms with Crippen LogP contribution in [0.1, 0.15) is 19.3 Å². The molecule has 0 spiro atoms. The molecular formula is C20H20N4O4.